The third kappa shape index (κ3) is 5.59. The van der Waals surface area contributed by atoms with Gasteiger partial charge in [0.05, 0.1) is 42.1 Å². The van der Waals surface area contributed by atoms with E-state index in [1.807, 2.05) is 20.8 Å². The van der Waals surface area contributed by atoms with E-state index >= 15 is 0 Å². The molecule has 0 bridgehead atoms. The number of amides is 1. The van der Waals surface area contributed by atoms with Gasteiger partial charge in [-0.15, -0.1) is 0 Å². The molecular weight excluding hydrogens is 575 g/mol. The Labute approximate surface area is 251 Å². The number of nitrogens with one attached hydrogen (secondary N) is 2. The van der Waals surface area contributed by atoms with Crippen LogP contribution in [0.4, 0.5) is 30.2 Å². The second-order valence-electron chi connectivity index (χ2n) is 10.6. The molecule has 2 aromatic carbocycles. The predicted molar refractivity (Wildman–Crippen MR) is 161 cm³/mol. The van der Waals surface area contributed by atoms with Crippen LogP contribution in [0.5, 0.6) is 5.75 Å². The number of nitrogens with zero attached hydrogens (tertiary/aromatic N) is 5. The molecule has 1 fully saturated rings. The number of alkyl halides is 3. The van der Waals surface area contributed by atoms with Crippen LogP contribution in [0, 0.1) is 6.57 Å². The summed E-state index contributed by atoms with van der Waals surface area (Å²) in [5, 5.41) is 7.86. The lowest BCUT2D eigenvalue weighted by Gasteiger charge is -2.29. The van der Waals surface area contributed by atoms with Gasteiger partial charge in [-0.1, -0.05) is 26.3 Å². The van der Waals surface area contributed by atoms with E-state index in [0.29, 0.717) is 53.3 Å². The van der Waals surface area contributed by atoms with E-state index in [-0.39, 0.29) is 23.6 Å². The first kappa shape index (κ1) is 30.6. The van der Waals surface area contributed by atoms with Crippen LogP contribution in [0.3, 0.4) is 0 Å². The molecule has 44 heavy (non-hydrogen) atoms. The third-order valence-corrected chi connectivity index (χ3v) is 7.70. The average Bonchev–Trinajstić information content (AvgIpc) is 3.48. The number of hydrogen-bond donors (Lipinski definition) is 2. The lowest BCUT2D eigenvalue weighted by molar-refractivity contribution is -0.136. The van der Waals surface area contributed by atoms with Gasteiger partial charge in [-0.25, -0.2) is 9.83 Å². The maximum absolute atomic E-state index is 13.7. The summed E-state index contributed by atoms with van der Waals surface area (Å²) in [6.45, 7) is 13.2. The maximum atomic E-state index is 13.7. The van der Waals surface area contributed by atoms with E-state index in [9.17, 15) is 22.8 Å². The number of fused-ring (bicyclic) bond motifs is 1. The van der Waals surface area contributed by atoms with Crippen molar-refractivity contribution in [3.05, 3.63) is 69.4 Å². The van der Waals surface area contributed by atoms with Crippen LogP contribution in [0.1, 0.15) is 51.3 Å². The summed E-state index contributed by atoms with van der Waals surface area (Å²) >= 11 is 0. The Hall–Kier alpha value is -4.86. The Bertz CT molecular complexity index is 1820. The molecule has 230 valence electrons. The van der Waals surface area contributed by atoms with Crippen LogP contribution in [0.25, 0.3) is 27.3 Å². The minimum absolute atomic E-state index is 0.0457. The Balaban J connectivity index is 1.51. The summed E-state index contributed by atoms with van der Waals surface area (Å²) in [7, 11) is 1.70. The number of halogens is 3. The molecule has 10 nitrogen and oxygen atoms in total. The molecule has 0 spiro atoms. The molecular formula is C31H32F3N7O3. The van der Waals surface area contributed by atoms with Gasteiger partial charge in [0, 0.05) is 24.8 Å². The zero-order chi connectivity index (χ0) is 31.8. The lowest BCUT2D eigenvalue weighted by Crippen LogP contribution is -2.39. The lowest BCUT2D eigenvalue weighted by atomic mass is 10.0. The van der Waals surface area contributed by atoms with Crippen molar-refractivity contribution in [2.75, 3.05) is 16.8 Å². The van der Waals surface area contributed by atoms with E-state index in [0.717, 1.165) is 24.2 Å². The standard InChI is InChI=1S/C31H32F3N7O3/c1-6-9-22-27-28(40(5)39-22)30(43)38-29(37-27)19-14-17(10-13-25(19)44-8-3)36-23-16-26(42)41(24(23)7-2)18-11-12-21(35-4)20(15-18)31(32,33)34/h10-15,23-24,36H,6-9,16H2,1-3,5H3,(H,37,38,43)/t23-,24-/m1/s1. The normalized spacial score (nSPS) is 16.9. The molecule has 1 aliphatic rings. The number of H-pyrrole nitrogens is 1. The van der Waals surface area contributed by atoms with E-state index < -0.39 is 29.5 Å². The molecule has 1 amide bonds. The molecule has 0 unspecified atom stereocenters. The fraction of sp³-hybridized carbons (Fsp3) is 0.387. The Morgan fingerprint density at radius 3 is 2.59 bits per heavy atom. The van der Waals surface area contributed by atoms with Crippen molar-refractivity contribution < 1.29 is 22.7 Å². The number of ether oxygens (including phenoxy) is 1. The van der Waals surface area contributed by atoms with Crippen molar-refractivity contribution >= 4 is 34.0 Å². The number of aryl methyl sites for hydroxylation is 2. The molecule has 3 heterocycles. The van der Waals surface area contributed by atoms with E-state index in [1.54, 1.807) is 25.2 Å². The molecule has 5 rings (SSSR count). The largest absolute Gasteiger partial charge is 0.493 e. The highest BCUT2D eigenvalue weighted by Gasteiger charge is 2.41. The van der Waals surface area contributed by atoms with Crippen LogP contribution in [-0.4, -0.2) is 44.3 Å². The summed E-state index contributed by atoms with van der Waals surface area (Å²) in [6.07, 6.45) is -2.74. The molecule has 1 saturated heterocycles. The number of carbonyl (C=O) groups excluding carboxylic acids is 1. The van der Waals surface area contributed by atoms with Crippen LogP contribution in [0.2, 0.25) is 0 Å². The van der Waals surface area contributed by atoms with Gasteiger partial charge in [0.15, 0.2) is 11.2 Å². The van der Waals surface area contributed by atoms with Crippen LogP contribution >= 0.6 is 0 Å². The fourth-order valence-corrected chi connectivity index (χ4v) is 5.82. The highest BCUT2D eigenvalue weighted by Crippen LogP contribution is 2.41. The summed E-state index contributed by atoms with van der Waals surface area (Å²) in [4.78, 5) is 38.3. The first-order chi connectivity index (χ1) is 21.0. The molecule has 2 N–H and O–H groups in total. The zero-order valence-corrected chi connectivity index (χ0v) is 24.7. The van der Waals surface area contributed by atoms with Crippen molar-refractivity contribution in [3.63, 3.8) is 0 Å². The van der Waals surface area contributed by atoms with Crippen molar-refractivity contribution in [3.8, 4) is 17.1 Å². The first-order valence-corrected chi connectivity index (χ1v) is 14.4. The van der Waals surface area contributed by atoms with Gasteiger partial charge < -0.3 is 19.9 Å². The number of aromatic nitrogens is 4. The Kier molecular flexibility index (Phi) is 8.36. The van der Waals surface area contributed by atoms with Crippen molar-refractivity contribution in [2.24, 2.45) is 7.05 Å². The minimum atomic E-state index is -4.73. The topological polar surface area (TPSA) is 110 Å². The third-order valence-electron chi connectivity index (χ3n) is 7.70. The van der Waals surface area contributed by atoms with E-state index in [2.05, 4.69) is 20.2 Å². The molecule has 1 aliphatic heterocycles. The monoisotopic (exact) mass is 607 g/mol. The highest BCUT2D eigenvalue weighted by molar-refractivity contribution is 5.98. The highest BCUT2D eigenvalue weighted by atomic mass is 19.4. The summed E-state index contributed by atoms with van der Waals surface area (Å²) < 4.78 is 48.4. The number of benzene rings is 2. The van der Waals surface area contributed by atoms with Crippen LogP contribution < -0.4 is 20.5 Å². The Morgan fingerprint density at radius 1 is 1.16 bits per heavy atom. The molecule has 4 aromatic rings. The van der Waals surface area contributed by atoms with Crippen molar-refractivity contribution in [2.45, 2.75) is 64.7 Å². The van der Waals surface area contributed by atoms with Gasteiger partial charge in [-0.3, -0.25) is 14.3 Å². The number of carbonyl (C=O) groups is 1. The van der Waals surface area contributed by atoms with E-state index in [4.69, 9.17) is 16.3 Å². The fourth-order valence-electron chi connectivity index (χ4n) is 5.82. The molecule has 0 aliphatic carbocycles. The van der Waals surface area contributed by atoms with Crippen molar-refractivity contribution in [1.29, 1.82) is 0 Å². The SMILES string of the molecule is [C-]#[N+]c1ccc(N2C(=O)C[C@@H](Nc3ccc(OCC)c(-c4nc5c(CCC)nn(C)c5c(=O)[nH]4)c3)[C@H]2CC)cc1C(F)(F)F. The molecule has 2 aromatic heterocycles. The predicted octanol–water partition coefficient (Wildman–Crippen LogP) is 6.24. The van der Waals surface area contributed by atoms with Crippen LogP contribution in [0.15, 0.2) is 41.2 Å². The number of aromatic amines is 1. The zero-order valence-electron chi connectivity index (χ0n) is 24.7. The van der Waals surface area contributed by atoms with Gasteiger partial charge in [-0.05, 0) is 50.1 Å². The van der Waals surface area contributed by atoms with Gasteiger partial charge in [0.2, 0.25) is 5.91 Å². The Morgan fingerprint density at radius 2 is 1.93 bits per heavy atom. The second kappa shape index (κ2) is 12.0. The number of rotatable bonds is 9. The summed E-state index contributed by atoms with van der Waals surface area (Å²) in [5.41, 5.74) is 0.909. The molecule has 0 saturated carbocycles. The van der Waals surface area contributed by atoms with Gasteiger partial charge >= 0.3 is 6.18 Å². The molecule has 0 radical (unpaired) electrons. The summed E-state index contributed by atoms with van der Waals surface area (Å²) in [6, 6.07) is 7.76. The first-order valence-electron chi connectivity index (χ1n) is 14.4. The average molecular weight is 608 g/mol. The van der Waals surface area contributed by atoms with Crippen molar-refractivity contribution in [1.82, 2.24) is 19.7 Å². The maximum Gasteiger partial charge on any atom is 0.407 e. The quantitative estimate of drug-likeness (QED) is 0.218. The molecule has 13 heteroatoms. The van der Waals surface area contributed by atoms with Gasteiger partial charge in [-0.2, -0.15) is 18.3 Å². The summed E-state index contributed by atoms with van der Waals surface area (Å²) in [5.74, 6) is 0.466. The van der Waals surface area contributed by atoms with Gasteiger partial charge in [0.1, 0.15) is 17.1 Å². The number of anilines is 2. The number of hydrogen-bond acceptors (Lipinski definition) is 6. The smallest absolute Gasteiger partial charge is 0.407 e. The second-order valence-corrected chi connectivity index (χ2v) is 10.6. The minimum Gasteiger partial charge on any atom is -0.493 e. The van der Waals surface area contributed by atoms with E-state index in [1.165, 1.54) is 15.6 Å². The van der Waals surface area contributed by atoms with Gasteiger partial charge in [0.25, 0.3) is 5.56 Å². The molecule has 2 atom stereocenters. The van der Waals surface area contributed by atoms with Crippen LogP contribution in [-0.2, 0) is 24.4 Å².